The van der Waals surface area contributed by atoms with Crippen molar-refractivity contribution in [2.24, 2.45) is 5.92 Å². The van der Waals surface area contributed by atoms with E-state index in [1.54, 1.807) is 0 Å². The Hall–Kier alpha value is -0.340. The second-order valence-electron chi connectivity index (χ2n) is 4.73. The third-order valence-corrected chi connectivity index (χ3v) is 4.49. The van der Waals surface area contributed by atoms with Gasteiger partial charge in [0.15, 0.2) is 0 Å². The van der Waals surface area contributed by atoms with E-state index in [1.165, 1.54) is 37.1 Å². The molecule has 1 atom stereocenters. The fourth-order valence-corrected chi connectivity index (χ4v) is 3.18. The summed E-state index contributed by atoms with van der Waals surface area (Å²) in [5, 5.41) is 5.79. The molecule has 1 aliphatic rings. The van der Waals surface area contributed by atoms with E-state index in [4.69, 9.17) is 0 Å². The highest BCUT2D eigenvalue weighted by molar-refractivity contribution is 7.10. The predicted molar refractivity (Wildman–Crippen MR) is 67.6 cm³/mol. The van der Waals surface area contributed by atoms with Crippen LogP contribution in [-0.2, 0) is 0 Å². The fraction of sp³-hybridized carbons (Fsp3) is 0.692. The molecule has 1 aliphatic carbocycles. The van der Waals surface area contributed by atoms with Gasteiger partial charge in [0.25, 0.3) is 0 Å². The molecule has 84 valence electrons. The summed E-state index contributed by atoms with van der Waals surface area (Å²) in [6.45, 7) is 4.68. The molecule has 1 aromatic rings. The van der Waals surface area contributed by atoms with Gasteiger partial charge in [0.1, 0.15) is 0 Å². The zero-order valence-electron chi connectivity index (χ0n) is 9.54. The Morgan fingerprint density at radius 2 is 2.27 bits per heavy atom. The van der Waals surface area contributed by atoms with Crippen LogP contribution >= 0.6 is 11.3 Å². The van der Waals surface area contributed by atoms with Crippen molar-refractivity contribution in [1.82, 2.24) is 5.32 Å². The molecular formula is C13H21NS. The zero-order valence-corrected chi connectivity index (χ0v) is 10.4. The molecule has 1 saturated carbocycles. The lowest BCUT2D eigenvalue weighted by Gasteiger charge is -2.14. The van der Waals surface area contributed by atoms with Crippen LogP contribution in [0.4, 0.5) is 0 Å². The molecule has 0 radical (unpaired) electrons. The Morgan fingerprint density at radius 1 is 1.47 bits per heavy atom. The quantitative estimate of drug-likeness (QED) is 0.803. The first-order valence-corrected chi connectivity index (χ1v) is 6.98. The van der Waals surface area contributed by atoms with E-state index in [0.717, 1.165) is 12.5 Å². The Morgan fingerprint density at radius 3 is 2.93 bits per heavy atom. The summed E-state index contributed by atoms with van der Waals surface area (Å²) in [6, 6.07) is 4.39. The third kappa shape index (κ3) is 3.32. The van der Waals surface area contributed by atoms with Gasteiger partial charge in [-0.1, -0.05) is 25.8 Å². The van der Waals surface area contributed by atoms with E-state index in [1.807, 2.05) is 11.3 Å². The fourth-order valence-electron chi connectivity index (χ4n) is 2.39. The molecular weight excluding hydrogens is 202 g/mol. The zero-order chi connectivity index (χ0) is 10.5. The van der Waals surface area contributed by atoms with Crippen LogP contribution in [0.1, 0.15) is 43.4 Å². The summed E-state index contributed by atoms with van der Waals surface area (Å²) in [5.74, 6) is 1.63. The first-order valence-electron chi connectivity index (χ1n) is 6.10. The second kappa shape index (κ2) is 5.66. The van der Waals surface area contributed by atoms with Gasteiger partial charge in [-0.05, 0) is 36.8 Å². The maximum Gasteiger partial charge on any atom is 0.00860 e. The monoisotopic (exact) mass is 223 g/mol. The van der Waals surface area contributed by atoms with Crippen molar-refractivity contribution >= 4 is 11.3 Å². The van der Waals surface area contributed by atoms with Crippen molar-refractivity contribution in [1.29, 1.82) is 0 Å². The average molecular weight is 223 g/mol. The smallest absolute Gasteiger partial charge is 0.00860 e. The summed E-state index contributed by atoms with van der Waals surface area (Å²) < 4.78 is 0. The van der Waals surface area contributed by atoms with Crippen LogP contribution in [0.2, 0.25) is 0 Å². The molecule has 0 bridgehead atoms. The summed E-state index contributed by atoms with van der Waals surface area (Å²) >= 11 is 1.87. The van der Waals surface area contributed by atoms with Crippen LogP contribution in [0.15, 0.2) is 17.5 Å². The minimum absolute atomic E-state index is 0.673. The highest BCUT2D eigenvalue weighted by Gasteiger charge is 2.14. The maximum atomic E-state index is 3.62. The van der Waals surface area contributed by atoms with Crippen molar-refractivity contribution in [3.8, 4) is 0 Å². The molecule has 1 unspecified atom stereocenters. The molecule has 1 heterocycles. The van der Waals surface area contributed by atoms with Gasteiger partial charge in [0, 0.05) is 17.3 Å². The maximum absolute atomic E-state index is 3.62. The van der Waals surface area contributed by atoms with Gasteiger partial charge in [-0.25, -0.2) is 0 Å². The van der Waals surface area contributed by atoms with E-state index in [-0.39, 0.29) is 0 Å². The van der Waals surface area contributed by atoms with Crippen LogP contribution in [0.5, 0.6) is 0 Å². The second-order valence-corrected chi connectivity index (χ2v) is 5.70. The molecule has 15 heavy (non-hydrogen) atoms. The normalized spacial score (nSPS) is 19.5. The molecule has 2 rings (SSSR count). The first-order chi connectivity index (χ1) is 7.36. The van der Waals surface area contributed by atoms with Gasteiger partial charge in [0.05, 0.1) is 0 Å². The summed E-state index contributed by atoms with van der Waals surface area (Å²) in [6.07, 6.45) is 5.79. The van der Waals surface area contributed by atoms with Crippen molar-refractivity contribution in [2.45, 2.75) is 38.5 Å². The van der Waals surface area contributed by atoms with Crippen LogP contribution in [0, 0.1) is 5.92 Å². The Labute approximate surface area is 96.9 Å². The number of rotatable bonds is 5. The van der Waals surface area contributed by atoms with Crippen LogP contribution in [0.25, 0.3) is 0 Å². The van der Waals surface area contributed by atoms with Crippen molar-refractivity contribution < 1.29 is 0 Å². The van der Waals surface area contributed by atoms with Gasteiger partial charge in [-0.15, -0.1) is 11.3 Å². The summed E-state index contributed by atoms with van der Waals surface area (Å²) in [7, 11) is 0. The first kappa shape index (κ1) is 11.2. The topological polar surface area (TPSA) is 12.0 Å². The third-order valence-electron chi connectivity index (χ3n) is 3.39. The van der Waals surface area contributed by atoms with Gasteiger partial charge in [-0.2, -0.15) is 0 Å². The molecule has 1 fully saturated rings. The van der Waals surface area contributed by atoms with Gasteiger partial charge >= 0.3 is 0 Å². The molecule has 1 nitrogen and oxygen atoms in total. The van der Waals surface area contributed by atoms with Crippen LogP contribution < -0.4 is 5.32 Å². The van der Waals surface area contributed by atoms with Crippen LogP contribution in [0.3, 0.4) is 0 Å². The van der Waals surface area contributed by atoms with Crippen molar-refractivity contribution in [2.75, 3.05) is 13.1 Å². The molecule has 1 aromatic heterocycles. The molecule has 0 spiro atoms. The lowest BCUT2D eigenvalue weighted by molar-refractivity contribution is 0.478. The van der Waals surface area contributed by atoms with E-state index >= 15 is 0 Å². The van der Waals surface area contributed by atoms with E-state index in [0.29, 0.717) is 5.92 Å². The standard InChI is InChI=1S/C13H21NS/c1-11(13-7-4-8-15-13)9-14-10-12-5-2-3-6-12/h4,7-8,11-12,14H,2-3,5-6,9-10H2,1H3. The molecule has 0 saturated heterocycles. The van der Waals surface area contributed by atoms with Crippen LogP contribution in [-0.4, -0.2) is 13.1 Å². The number of hydrogen-bond donors (Lipinski definition) is 1. The Kier molecular flexibility index (Phi) is 4.21. The lowest BCUT2D eigenvalue weighted by Crippen LogP contribution is -2.25. The van der Waals surface area contributed by atoms with E-state index in [9.17, 15) is 0 Å². The Balaban J connectivity index is 1.65. The summed E-state index contributed by atoms with van der Waals surface area (Å²) in [4.78, 5) is 1.51. The minimum Gasteiger partial charge on any atom is -0.316 e. The summed E-state index contributed by atoms with van der Waals surface area (Å²) in [5.41, 5.74) is 0. The molecule has 0 aliphatic heterocycles. The highest BCUT2D eigenvalue weighted by Crippen LogP contribution is 2.24. The lowest BCUT2D eigenvalue weighted by atomic mass is 10.1. The number of thiophene rings is 1. The highest BCUT2D eigenvalue weighted by atomic mass is 32.1. The Bertz CT molecular complexity index is 262. The van der Waals surface area contributed by atoms with E-state index < -0.39 is 0 Å². The largest absolute Gasteiger partial charge is 0.316 e. The predicted octanol–water partition coefficient (Wildman–Crippen LogP) is 3.63. The molecule has 1 N–H and O–H groups in total. The molecule has 0 amide bonds. The molecule has 0 aromatic carbocycles. The van der Waals surface area contributed by atoms with Gasteiger partial charge in [0.2, 0.25) is 0 Å². The SMILES string of the molecule is CC(CNCC1CCCC1)c1cccs1. The number of nitrogens with one attached hydrogen (secondary N) is 1. The van der Waals surface area contributed by atoms with Crippen molar-refractivity contribution in [3.05, 3.63) is 22.4 Å². The molecule has 2 heteroatoms. The average Bonchev–Trinajstić information content (AvgIpc) is 2.90. The number of hydrogen-bond acceptors (Lipinski definition) is 2. The van der Waals surface area contributed by atoms with Gasteiger partial charge in [-0.3, -0.25) is 0 Å². The van der Waals surface area contributed by atoms with Crippen molar-refractivity contribution in [3.63, 3.8) is 0 Å². The minimum atomic E-state index is 0.673. The van der Waals surface area contributed by atoms with E-state index in [2.05, 4.69) is 29.8 Å². The van der Waals surface area contributed by atoms with Gasteiger partial charge < -0.3 is 5.32 Å².